The van der Waals surface area contributed by atoms with Crippen LogP contribution < -0.4 is 10.6 Å². The van der Waals surface area contributed by atoms with Crippen LogP contribution in [0, 0.1) is 0 Å². The number of hydrogen-bond donors (Lipinski definition) is 3. The number of nitrogens with one attached hydrogen (secondary N) is 2. The molecule has 0 aromatic heterocycles. The van der Waals surface area contributed by atoms with Crippen molar-refractivity contribution in [2.75, 3.05) is 33.2 Å². The number of likely N-dealkylation sites (tertiary alicyclic amines) is 1. The largest absolute Gasteiger partial charge is 0.387 e. The monoisotopic (exact) mass is 212 g/mol. The van der Waals surface area contributed by atoms with E-state index in [1.54, 1.807) is 0 Å². The molecule has 5 nitrogen and oxygen atoms in total. The maximum absolute atomic E-state index is 10.2. The highest BCUT2D eigenvalue weighted by Crippen LogP contribution is 2.18. The molecule has 2 aliphatic heterocycles. The van der Waals surface area contributed by atoms with E-state index in [0.717, 1.165) is 32.0 Å². The molecule has 0 saturated carbocycles. The molecular weight excluding hydrogens is 192 g/mol. The zero-order valence-electron chi connectivity index (χ0n) is 9.45. The summed E-state index contributed by atoms with van der Waals surface area (Å²) in [5.74, 6) is 0.825. The number of nitrogens with zero attached hydrogens (tertiary/aromatic N) is 2. The lowest BCUT2D eigenvalue weighted by molar-refractivity contribution is 0.0562. The van der Waals surface area contributed by atoms with Gasteiger partial charge in [0.2, 0.25) is 0 Å². The minimum Gasteiger partial charge on any atom is -0.387 e. The molecular formula is C10H20N4O. The Morgan fingerprint density at radius 1 is 1.73 bits per heavy atom. The fraction of sp³-hybridized carbons (Fsp3) is 0.900. The first kappa shape index (κ1) is 10.7. The van der Waals surface area contributed by atoms with Crippen LogP contribution in [0.5, 0.6) is 0 Å². The molecule has 0 bridgehead atoms. The van der Waals surface area contributed by atoms with E-state index in [1.165, 1.54) is 0 Å². The van der Waals surface area contributed by atoms with Crippen LogP contribution in [0.1, 0.15) is 13.3 Å². The molecule has 2 unspecified atom stereocenters. The van der Waals surface area contributed by atoms with Gasteiger partial charge in [-0.2, -0.15) is 0 Å². The minimum atomic E-state index is -0.592. The van der Waals surface area contributed by atoms with Gasteiger partial charge in [-0.15, -0.1) is 0 Å². The number of aliphatic hydroxyl groups is 1. The summed E-state index contributed by atoms with van der Waals surface area (Å²) in [6.45, 7) is 5.20. The fourth-order valence-electron chi connectivity index (χ4n) is 2.11. The number of β-amino-alcohol motifs (C(OH)–C–C–N with tert-alkyl or cyclic N) is 1. The Morgan fingerprint density at radius 3 is 3.07 bits per heavy atom. The van der Waals surface area contributed by atoms with Gasteiger partial charge in [0.05, 0.1) is 12.1 Å². The quantitative estimate of drug-likeness (QED) is 0.549. The molecule has 0 aromatic rings. The van der Waals surface area contributed by atoms with Gasteiger partial charge in [-0.1, -0.05) is 0 Å². The van der Waals surface area contributed by atoms with Gasteiger partial charge in [-0.05, 0) is 20.4 Å². The van der Waals surface area contributed by atoms with Crippen molar-refractivity contribution in [2.24, 2.45) is 4.99 Å². The summed E-state index contributed by atoms with van der Waals surface area (Å²) in [5, 5.41) is 16.6. The first-order valence-electron chi connectivity index (χ1n) is 5.53. The van der Waals surface area contributed by atoms with E-state index in [-0.39, 0.29) is 0 Å². The van der Waals surface area contributed by atoms with Crippen molar-refractivity contribution in [3.8, 4) is 0 Å². The first-order chi connectivity index (χ1) is 7.07. The van der Waals surface area contributed by atoms with Crippen LogP contribution in [0.2, 0.25) is 0 Å². The highest BCUT2D eigenvalue weighted by atomic mass is 16.3. The summed E-state index contributed by atoms with van der Waals surface area (Å²) < 4.78 is 0. The molecule has 1 saturated heterocycles. The normalized spacial score (nSPS) is 36.5. The number of likely N-dealkylation sites (N-methyl/N-ethyl adjacent to an activating group) is 1. The van der Waals surface area contributed by atoms with Crippen molar-refractivity contribution in [3.63, 3.8) is 0 Å². The van der Waals surface area contributed by atoms with E-state index in [0.29, 0.717) is 12.6 Å². The van der Waals surface area contributed by atoms with E-state index in [2.05, 4.69) is 27.4 Å². The molecule has 0 radical (unpaired) electrons. The van der Waals surface area contributed by atoms with Crippen LogP contribution in [-0.4, -0.2) is 60.8 Å². The van der Waals surface area contributed by atoms with Crippen LogP contribution in [0.4, 0.5) is 0 Å². The van der Waals surface area contributed by atoms with Gasteiger partial charge >= 0.3 is 0 Å². The van der Waals surface area contributed by atoms with Crippen molar-refractivity contribution in [1.82, 2.24) is 15.5 Å². The Bertz CT molecular complexity index is 268. The molecule has 0 aromatic carbocycles. The molecule has 2 rings (SSSR count). The summed E-state index contributed by atoms with van der Waals surface area (Å²) >= 11 is 0. The second-order valence-electron chi connectivity index (χ2n) is 4.80. The molecule has 2 atom stereocenters. The molecule has 1 fully saturated rings. The van der Waals surface area contributed by atoms with Crippen LogP contribution in [0.15, 0.2) is 4.99 Å². The Balaban J connectivity index is 1.78. The van der Waals surface area contributed by atoms with Crippen LogP contribution in [-0.2, 0) is 0 Å². The maximum Gasteiger partial charge on any atom is 0.191 e. The Hall–Kier alpha value is -0.810. The lowest BCUT2D eigenvalue weighted by Crippen LogP contribution is -2.48. The van der Waals surface area contributed by atoms with Gasteiger partial charge in [0.15, 0.2) is 5.96 Å². The average Bonchev–Trinajstić information content (AvgIpc) is 2.71. The van der Waals surface area contributed by atoms with Crippen molar-refractivity contribution in [1.29, 1.82) is 0 Å². The number of guanidine groups is 1. The fourth-order valence-corrected chi connectivity index (χ4v) is 2.11. The molecule has 15 heavy (non-hydrogen) atoms. The van der Waals surface area contributed by atoms with Crippen LogP contribution >= 0.6 is 0 Å². The molecule has 0 spiro atoms. The molecule has 86 valence electrons. The maximum atomic E-state index is 10.2. The number of aliphatic imine (C=N–C) groups is 1. The van der Waals surface area contributed by atoms with Crippen LogP contribution in [0.25, 0.3) is 0 Å². The summed E-state index contributed by atoms with van der Waals surface area (Å²) in [7, 11) is 2.03. The lowest BCUT2D eigenvalue weighted by atomic mass is 10.0. The van der Waals surface area contributed by atoms with E-state index < -0.39 is 5.60 Å². The standard InChI is InChI=1S/C10H20N4O/c1-8-5-11-9(13-8)12-6-10(15)3-4-14(2)7-10/h8,15H,3-7H2,1-2H3,(H2,11,12,13). The minimum absolute atomic E-state index is 0.411. The summed E-state index contributed by atoms with van der Waals surface area (Å²) in [4.78, 5) is 6.44. The van der Waals surface area contributed by atoms with E-state index in [4.69, 9.17) is 0 Å². The highest BCUT2D eigenvalue weighted by molar-refractivity contribution is 5.81. The SMILES string of the molecule is CC1CN=C(NCC2(O)CCN(C)C2)N1. The Morgan fingerprint density at radius 2 is 2.53 bits per heavy atom. The van der Waals surface area contributed by atoms with Gasteiger partial charge < -0.3 is 20.6 Å². The second kappa shape index (κ2) is 3.98. The zero-order valence-corrected chi connectivity index (χ0v) is 9.45. The van der Waals surface area contributed by atoms with Crippen molar-refractivity contribution < 1.29 is 5.11 Å². The van der Waals surface area contributed by atoms with Crippen LogP contribution in [0.3, 0.4) is 0 Å². The third kappa shape index (κ3) is 2.60. The van der Waals surface area contributed by atoms with E-state index in [9.17, 15) is 5.11 Å². The van der Waals surface area contributed by atoms with E-state index in [1.807, 2.05) is 7.05 Å². The predicted molar refractivity (Wildman–Crippen MR) is 60.0 cm³/mol. The first-order valence-corrected chi connectivity index (χ1v) is 5.53. The summed E-state index contributed by atoms with van der Waals surface area (Å²) in [6, 6.07) is 0.411. The highest BCUT2D eigenvalue weighted by Gasteiger charge is 2.34. The summed E-state index contributed by atoms with van der Waals surface area (Å²) in [6.07, 6.45) is 0.833. The number of rotatable bonds is 2. The van der Waals surface area contributed by atoms with Crippen molar-refractivity contribution >= 4 is 5.96 Å². The van der Waals surface area contributed by atoms with E-state index >= 15 is 0 Å². The number of hydrogen-bond acceptors (Lipinski definition) is 5. The Labute approximate surface area is 90.6 Å². The van der Waals surface area contributed by atoms with Gasteiger partial charge in [-0.25, -0.2) is 0 Å². The second-order valence-corrected chi connectivity index (χ2v) is 4.80. The lowest BCUT2D eigenvalue weighted by Gasteiger charge is -2.23. The topological polar surface area (TPSA) is 59.9 Å². The molecule has 5 heteroatoms. The van der Waals surface area contributed by atoms with Crippen molar-refractivity contribution in [2.45, 2.75) is 25.0 Å². The smallest absolute Gasteiger partial charge is 0.191 e. The third-order valence-electron chi connectivity index (χ3n) is 3.01. The third-order valence-corrected chi connectivity index (χ3v) is 3.01. The van der Waals surface area contributed by atoms with Gasteiger partial charge in [0, 0.05) is 25.7 Å². The zero-order chi connectivity index (χ0) is 10.9. The van der Waals surface area contributed by atoms with Crippen molar-refractivity contribution in [3.05, 3.63) is 0 Å². The molecule has 3 N–H and O–H groups in total. The molecule has 2 heterocycles. The summed E-state index contributed by atoms with van der Waals surface area (Å²) in [5.41, 5.74) is -0.592. The molecule has 0 aliphatic carbocycles. The predicted octanol–water partition coefficient (Wildman–Crippen LogP) is -1.01. The molecule has 0 amide bonds. The Kier molecular flexibility index (Phi) is 2.84. The molecule has 2 aliphatic rings. The van der Waals surface area contributed by atoms with Gasteiger partial charge in [0.1, 0.15) is 0 Å². The van der Waals surface area contributed by atoms with Gasteiger partial charge in [-0.3, -0.25) is 4.99 Å². The average molecular weight is 212 g/mol. The van der Waals surface area contributed by atoms with Gasteiger partial charge in [0.25, 0.3) is 0 Å².